The van der Waals surface area contributed by atoms with Crippen molar-refractivity contribution in [1.29, 1.82) is 0 Å². The van der Waals surface area contributed by atoms with Crippen LogP contribution in [0.25, 0.3) is 0 Å². The molecule has 0 spiro atoms. The highest BCUT2D eigenvalue weighted by Gasteiger charge is 2.26. The molecule has 1 N–H and O–H groups in total. The molecule has 1 saturated heterocycles. The largest absolute Gasteiger partial charge is 0.286 e. The van der Waals surface area contributed by atoms with Crippen LogP contribution in [-0.4, -0.2) is 16.4 Å². The fourth-order valence-electron chi connectivity index (χ4n) is 0.446. The molecule has 1 aliphatic rings. The zero-order valence-electron chi connectivity index (χ0n) is 4.30. The maximum absolute atomic E-state index is 10.4. The van der Waals surface area contributed by atoms with Crippen molar-refractivity contribution < 1.29 is 9.59 Å². The van der Waals surface area contributed by atoms with Crippen LogP contribution in [0.15, 0.2) is 0 Å². The lowest BCUT2D eigenvalue weighted by molar-refractivity contribution is -0.118. The van der Waals surface area contributed by atoms with Crippen molar-refractivity contribution in [3.05, 3.63) is 0 Å². The molecule has 44 valence electrons. The molecular formula is C4H5NO2S. The topological polar surface area (TPSA) is 46.2 Å². The molecule has 0 unspecified atom stereocenters. The fourth-order valence-corrected chi connectivity index (χ4v) is 1.09. The van der Waals surface area contributed by atoms with E-state index < -0.39 is 0 Å². The zero-order valence-corrected chi connectivity index (χ0v) is 5.12. The summed E-state index contributed by atoms with van der Waals surface area (Å²) in [4.78, 5) is 20.7. The molecule has 1 heterocycles. The monoisotopic (exact) mass is 131 g/mol. The molecule has 2 amide bonds. The first-order valence-electron chi connectivity index (χ1n) is 2.21. The number of carbonyl (C=O) groups excluding carboxylic acids is 2. The van der Waals surface area contributed by atoms with Gasteiger partial charge in [0.15, 0.2) is 0 Å². The van der Waals surface area contributed by atoms with E-state index in [1.807, 2.05) is 0 Å². The Morgan fingerprint density at radius 2 is 2.25 bits per heavy atom. The van der Waals surface area contributed by atoms with Gasteiger partial charge < -0.3 is 0 Å². The quantitative estimate of drug-likeness (QED) is 0.516. The molecule has 1 fully saturated rings. The van der Waals surface area contributed by atoms with Gasteiger partial charge in [0.25, 0.3) is 5.24 Å². The van der Waals surface area contributed by atoms with Crippen LogP contribution in [0.4, 0.5) is 4.79 Å². The SMILES string of the molecule is C[C@@H]1SC(=O)NC1=O. The normalized spacial score (nSPS) is 28.4. The Morgan fingerprint density at radius 1 is 1.62 bits per heavy atom. The summed E-state index contributed by atoms with van der Waals surface area (Å²) in [5.74, 6) is -0.181. The van der Waals surface area contributed by atoms with Crippen LogP contribution in [0, 0.1) is 0 Å². The van der Waals surface area contributed by atoms with E-state index >= 15 is 0 Å². The predicted octanol–water partition coefficient (Wildman–Crippen LogP) is 0.358. The maximum atomic E-state index is 10.4. The fraction of sp³-hybridized carbons (Fsp3) is 0.500. The highest BCUT2D eigenvalue weighted by Crippen LogP contribution is 2.16. The highest BCUT2D eigenvalue weighted by atomic mass is 32.2. The molecule has 4 heteroatoms. The molecule has 0 aliphatic carbocycles. The van der Waals surface area contributed by atoms with E-state index in [2.05, 4.69) is 5.32 Å². The van der Waals surface area contributed by atoms with Crippen LogP contribution in [-0.2, 0) is 4.79 Å². The third-order valence-corrected chi connectivity index (χ3v) is 1.76. The molecule has 3 nitrogen and oxygen atoms in total. The van der Waals surface area contributed by atoms with Gasteiger partial charge in [-0.2, -0.15) is 0 Å². The molecule has 0 radical (unpaired) electrons. The van der Waals surface area contributed by atoms with E-state index in [-0.39, 0.29) is 16.4 Å². The Balaban J connectivity index is 2.64. The minimum absolute atomic E-state index is 0.181. The average molecular weight is 131 g/mol. The van der Waals surface area contributed by atoms with E-state index in [1.165, 1.54) is 0 Å². The Bertz CT molecular complexity index is 145. The van der Waals surface area contributed by atoms with Crippen LogP contribution in [0.3, 0.4) is 0 Å². The van der Waals surface area contributed by atoms with Gasteiger partial charge in [0.2, 0.25) is 5.91 Å². The van der Waals surface area contributed by atoms with E-state index in [1.54, 1.807) is 6.92 Å². The first-order chi connectivity index (χ1) is 3.70. The van der Waals surface area contributed by atoms with Crippen molar-refractivity contribution in [3.63, 3.8) is 0 Å². The molecule has 1 atom stereocenters. The van der Waals surface area contributed by atoms with Gasteiger partial charge in [0.05, 0.1) is 5.25 Å². The van der Waals surface area contributed by atoms with Crippen LogP contribution in [0.5, 0.6) is 0 Å². The number of hydrogen-bond acceptors (Lipinski definition) is 3. The van der Waals surface area contributed by atoms with Gasteiger partial charge in [0.1, 0.15) is 0 Å². The first kappa shape index (κ1) is 5.62. The summed E-state index contributed by atoms with van der Waals surface area (Å²) in [5, 5.41) is 1.73. The van der Waals surface area contributed by atoms with Crippen molar-refractivity contribution in [2.45, 2.75) is 12.2 Å². The Hall–Kier alpha value is -0.510. The summed E-state index contributed by atoms with van der Waals surface area (Å²) in [5.41, 5.74) is 0. The third-order valence-electron chi connectivity index (χ3n) is 0.878. The number of hydrogen-bond donors (Lipinski definition) is 1. The van der Waals surface area contributed by atoms with E-state index in [0.717, 1.165) is 11.8 Å². The lowest BCUT2D eigenvalue weighted by Crippen LogP contribution is -2.22. The smallest absolute Gasteiger partial charge is 0.286 e. The van der Waals surface area contributed by atoms with Crippen molar-refractivity contribution in [3.8, 4) is 0 Å². The zero-order chi connectivity index (χ0) is 6.15. The molecule has 1 rings (SSSR count). The van der Waals surface area contributed by atoms with E-state index in [4.69, 9.17) is 0 Å². The molecule has 1 aliphatic heterocycles. The summed E-state index contributed by atoms with van der Waals surface area (Å²) < 4.78 is 0. The van der Waals surface area contributed by atoms with Gasteiger partial charge in [-0.3, -0.25) is 14.9 Å². The van der Waals surface area contributed by atoms with Crippen molar-refractivity contribution in [2.24, 2.45) is 0 Å². The number of imide groups is 1. The summed E-state index contributed by atoms with van der Waals surface area (Å²) in [6.45, 7) is 1.70. The molecule has 0 saturated carbocycles. The first-order valence-corrected chi connectivity index (χ1v) is 3.09. The lowest BCUT2D eigenvalue weighted by Gasteiger charge is -1.87. The van der Waals surface area contributed by atoms with Crippen LogP contribution < -0.4 is 5.32 Å². The molecule has 0 aromatic heterocycles. The maximum Gasteiger partial charge on any atom is 0.286 e. The second-order valence-electron chi connectivity index (χ2n) is 1.54. The molecule has 0 bridgehead atoms. The Morgan fingerprint density at radius 3 is 2.38 bits per heavy atom. The van der Waals surface area contributed by atoms with Crippen LogP contribution in [0.1, 0.15) is 6.92 Å². The number of rotatable bonds is 0. The third kappa shape index (κ3) is 0.838. The van der Waals surface area contributed by atoms with Gasteiger partial charge in [-0.05, 0) is 6.92 Å². The molecular weight excluding hydrogens is 126 g/mol. The van der Waals surface area contributed by atoms with Crippen LogP contribution >= 0.6 is 11.8 Å². The van der Waals surface area contributed by atoms with Gasteiger partial charge in [-0.25, -0.2) is 0 Å². The summed E-state index contributed by atoms with van der Waals surface area (Å²) in [6.07, 6.45) is 0. The Labute approximate surface area is 50.8 Å². The summed E-state index contributed by atoms with van der Waals surface area (Å²) >= 11 is 1.03. The summed E-state index contributed by atoms with van der Waals surface area (Å²) in [6, 6.07) is 0. The second kappa shape index (κ2) is 1.78. The molecule has 0 aromatic rings. The average Bonchev–Trinajstić information content (AvgIpc) is 1.85. The van der Waals surface area contributed by atoms with Gasteiger partial charge in [-0.15, -0.1) is 0 Å². The number of thioether (sulfide) groups is 1. The standard InChI is InChI=1S/C4H5NO2S/c1-2-3(6)5-4(7)8-2/h2H,1H3,(H,5,6,7)/t2-/m0/s1. The predicted molar refractivity (Wildman–Crippen MR) is 30.6 cm³/mol. The second-order valence-corrected chi connectivity index (χ2v) is 2.85. The van der Waals surface area contributed by atoms with Gasteiger partial charge >= 0.3 is 0 Å². The Kier molecular flexibility index (Phi) is 1.25. The minimum atomic E-state index is -0.234. The van der Waals surface area contributed by atoms with E-state index in [9.17, 15) is 9.59 Å². The van der Waals surface area contributed by atoms with E-state index in [0.29, 0.717) is 0 Å². The molecule has 0 aromatic carbocycles. The molecule has 8 heavy (non-hydrogen) atoms. The van der Waals surface area contributed by atoms with Crippen molar-refractivity contribution in [1.82, 2.24) is 5.32 Å². The van der Waals surface area contributed by atoms with Crippen LogP contribution in [0.2, 0.25) is 0 Å². The minimum Gasteiger partial charge on any atom is -0.286 e. The lowest BCUT2D eigenvalue weighted by atomic mass is 10.5. The number of carbonyl (C=O) groups is 2. The highest BCUT2D eigenvalue weighted by molar-refractivity contribution is 8.15. The van der Waals surface area contributed by atoms with Gasteiger partial charge in [0, 0.05) is 0 Å². The van der Waals surface area contributed by atoms with Crippen molar-refractivity contribution >= 4 is 22.9 Å². The van der Waals surface area contributed by atoms with Gasteiger partial charge in [-0.1, -0.05) is 11.8 Å². The summed E-state index contributed by atoms with van der Waals surface area (Å²) in [7, 11) is 0. The van der Waals surface area contributed by atoms with Crippen molar-refractivity contribution in [2.75, 3.05) is 0 Å². The number of amides is 2. The number of nitrogens with one attached hydrogen (secondary N) is 1.